The lowest BCUT2D eigenvalue weighted by Gasteiger charge is -2.27. The third-order valence-corrected chi connectivity index (χ3v) is 9.66. The number of benzene rings is 4. The highest BCUT2D eigenvalue weighted by Gasteiger charge is 2.36. The third kappa shape index (κ3) is 4.86. The summed E-state index contributed by atoms with van der Waals surface area (Å²) in [6.07, 6.45) is 1.98. The summed E-state index contributed by atoms with van der Waals surface area (Å²) in [5.74, 6) is 0.0763. The first-order valence-corrected chi connectivity index (χ1v) is 16.1. The van der Waals surface area contributed by atoms with Gasteiger partial charge in [0.25, 0.3) is 5.56 Å². The average Bonchev–Trinajstić information content (AvgIpc) is 3.52. The fourth-order valence-electron chi connectivity index (χ4n) is 6.54. The van der Waals surface area contributed by atoms with E-state index in [-0.39, 0.29) is 12.2 Å². The molecule has 0 spiro atoms. The van der Waals surface area contributed by atoms with Crippen LogP contribution in [0.5, 0.6) is 5.75 Å². The molecule has 3 heterocycles. The maximum atomic E-state index is 14.6. The summed E-state index contributed by atoms with van der Waals surface area (Å²) < 4.78 is 15.9. The predicted octanol–water partition coefficient (Wildman–Crippen LogP) is 6.27. The molecule has 0 amide bonds. The number of hydrogen-bond acceptors (Lipinski definition) is 6. The Kier molecular flexibility index (Phi) is 7.66. The van der Waals surface area contributed by atoms with Gasteiger partial charge >= 0.3 is 5.97 Å². The minimum absolute atomic E-state index is 0.200. The molecule has 8 heteroatoms. The molecule has 6 aromatic rings. The number of nitrogens with zero attached hydrogens (tertiary/aromatic N) is 3. The second-order valence-electron chi connectivity index (χ2n) is 11.3. The van der Waals surface area contributed by atoms with E-state index in [9.17, 15) is 9.59 Å². The fourth-order valence-corrected chi connectivity index (χ4v) is 7.57. The molecule has 230 valence electrons. The number of fused-ring (bicyclic) bond motifs is 3. The van der Waals surface area contributed by atoms with Crippen LogP contribution in [0.25, 0.3) is 27.8 Å². The molecule has 0 bridgehead atoms. The Bertz CT molecular complexity index is 2360. The van der Waals surface area contributed by atoms with E-state index < -0.39 is 12.0 Å². The molecule has 0 N–H and O–H groups in total. The number of thiazole rings is 1. The first-order valence-electron chi connectivity index (χ1n) is 15.3. The summed E-state index contributed by atoms with van der Waals surface area (Å²) in [7, 11) is 1.60. The molecule has 4 aromatic carbocycles. The second-order valence-corrected chi connectivity index (χ2v) is 12.3. The monoisotopic (exact) mass is 627 g/mol. The quantitative estimate of drug-likeness (QED) is 0.196. The molecule has 1 aliphatic heterocycles. The smallest absolute Gasteiger partial charge is 0.338 e. The maximum Gasteiger partial charge on any atom is 0.338 e. The predicted molar refractivity (Wildman–Crippen MR) is 183 cm³/mol. The molecule has 0 saturated carbocycles. The van der Waals surface area contributed by atoms with Gasteiger partial charge < -0.3 is 14.0 Å². The van der Waals surface area contributed by atoms with Crippen LogP contribution in [0.2, 0.25) is 0 Å². The third-order valence-electron chi connectivity index (χ3n) is 8.68. The van der Waals surface area contributed by atoms with Crippen LogP contribution < -0.4 is 19.6 Å². The van der Waals surface area contributed by atoms with E-state index >= 15 is 0 Å². The highest BCUT2D eigenvalue weighted by atomic mass is 32.1. The largest absolute Gasteiger partial charge is 0.496 e. The lowest BCUT2D eigenvalue weighted by atomic mass is 9.90. The molecular formula is C38H33N3O4S. The first kappa shape index (κ1) is 29.5. The SMILES string of the molecule is CCOC(=O)C1=C(C)N=c2s/c(=C\c3c(C)n(Cc4ccccc4)c4ccccc34)c(=O)n2[C@@H]1c1c(OC)ccc2ccccc12. The van der Waals surface area contributed by atoms with Crippen molar-refractivity contribution in [2.24, 2.45) is 4.99 Å². The number of ether oxygens (including phenoxy) is 2. The first-order chi connectivity index (χ1) is 22.4. The number of methoxy groups -OCH3 is 1. The van der Waals surface area contributed by atoms with Crippen molar-refractivity contribution in [3.8, 4) is 5.75 Å². The lowest BCUT2D eigenvalue weighted by molar-refractivity contribution is -0.139. The summed E-state index contributed by atoms with van der Waals surface area (Å²) in [4.78, 5) is 33.5. The Hall–Kier alpha value is -5.21. The Morgan fingerprint density at radius 2 is 1.65 bits per heavy atom. The lowest BCUT2D eigenvalue weighted by Crippen LogP contribution is -2.40. The zero-order chi connectivity index (χ0) is 31.9. The van der Waals surface area contributed by atoms with Crippen molar-refractivity contribution in [3.63, 3.8) is 0 Å². The minimum Gasteiger partial charge on any atom is -0.496 e. The molecule has 2 aromatic heterocycles. The molecule has 0 unspecified atom stereocenters. The highest BCUT2D eigenvalue weighted by molar-refractivity contribution is 7.07. The van der Waals surface area contributed by atoms with Gasteiger partial charge in [-0.3, -0.25) is 9.36 Å². The molecular weight excluding hydrogens is 595 g/mol. The Labute approximate surface area is 270 Å². The van der Waals surface area contributed by atoms with Crippen molar-refractivity contribution < 1.29 is 14.3 Å². The van der Waals surface area contributed by atoms with E-state index in [1.54, 1.807) is 25.5 Å². The number of allylic oxidation sites excluding steroid dienone is 1. The molecule has 0 fully saturated rings. The zero-order valence-electron chi connectivity index (χ0n) is 26.1. The summed E-state index contributed by atoms with van der Waals surface area (Å²) in [6, 6.07) is 29.6. The highest BCUT2D eigenvalue weighted by Crippen LogP contribution is 2.40. The van der Waals surface area contributed by atoms with Crippen LogP contribution in [0.4, 0.5) is 0 Å². The topological polar surface area (TPSA) is 74.8 Å². The number of aromatic nitrogens is 2. The molecule has 7 rings (SSSR count). The van der Waals surface area contributed by atoms with E-state index in [0.29, 0.717) is 32.9 Å². The zero-order valence-corrected chi connectivity index (χ0v) is 26.9. The number of esters is 1. The van der Waals surface area contributed by atoms with Crippen molar-refractivity contribution in [3.05, 3.63) is 144 Å². The number of carbonyl (C=O) groups excluding carboxylic acids is 1. The van der Waals surface area contributed by atoms with Crippen molar-refractivity contribution in [2.75, 3.05) is 13.7 Å². The van der Waals surface area contributed by atoms with Gasteiger partial charge in [0.1, 0.15) is 11.8 Å². The van der Waals surface area contributed by atoms with Gasteiger partial charge in [0, 0.05) is 34.3 Å². The van der Waals surface area contributed by atoms with Gasteiger partial charge in [-0.15, -0.1) is 0 Å². The van der Waals surface area contributed by atoms with Crippen LogP contribution in [-0.4, -0.2) is 28.8 Å². The summed E-state index contributed by atoms with van der Waals surface area (Å²) >= 11 is 1.33. The van der Waals surface area contributed by atoms with Gasteiger partial charge in [0.05, 0.1) is 29.5 Å². The fraction of sp³-hybridized carbons (Fsp3) is 0.184. The second kappa shape index (κ2) is 11.9. The molecule has 1 atom stereocenters. The van der Waals surface area contributed by atoms with Crippen LogP contribution in [0.1, 0.15) is 42.3 Å². The van der Waals surface area contributed by atoms with Gasteiger partial charge in [-0.25, -0.2) is 9.79 Å². The summed E-state index contributed by atoms with van der Waals surface area (Å²) in [6.45, 7) is 6.58. The number of hydrogen-bond donors (Lipinski definition) is 0. The van der Waals surface area contributed by atoms with E-state index in [4.69, 9.17) is 14.5 Å². The molecule has 7 nitrogen and oxygen atoms in total. The van der Waals surface area contributed by atoms with Crippen molar-refractivity contribution >= 4 is 45.1 Å². The molecule has 46 heavy (non-hydrogen) atoms. The number of carbonyl (C=O) groups is 1. The van der Waals surface area contributed by atoms with Crippen LogP contribution in [0.3, 0.4) is 0 Å². The van der Waals surface area contributed by atoms with Crippen molar-refractivity contribution in [1.29, 1.82) is 0 Å². The van der Waals surface area contributed by atoms with E-state index in [1.165, 1.54) is 16.9 Å². The number of para-hydroxylation sites is 1. The Morgan fingerprint density at radius 1 is 0.935 bits per heavy atom. The van der Waals surface area contributed by atoms with Crippen LogP contribution >= 0.6 is 11.3 Å². The number of rotatable bonds is 7. The normalized spacial score (nSPS) is 14.9. The maximum absolute atomic E-state index is 14.6. The average molecular weight is 628 g/mol. The molecule has 1 aliphatic rings. The minimum atomic E-state index is -0.793. The Morgan fingerprint density at radius 3 is 2.41 bits per heavy atom. The summed E-state index contributed by atoms with van der Waals surface area (Å²) in [5, 5.41) is 2.93. The standard InChI is InChI=1S/C38H33N3O4S/c1-5-45-37(43)33-23(2)39-38-41(35(33)34-27-16-10-9-15-26(27)19-20-31(34)44-4)36(42)32(46-38)21-29-24(3)40(22-25-13-7-6-8-14-25)30-18-12-11-17-28(29)30/h6-21,35H,5,22H2,1-4H3/b32-21-/t35-/m0/s1. The van der Waals surface area contributed by atoms with Gasteiger partial charge in [0.2, 0.25) is 0 Å². The van der Waals surface area contributed by atoms with E-state index in [0.717, 1.165) is 38.5 Å². The Balaban J connectivity index is 1.48. The summed E-state index contributed by atoms with van der Waals surface area (Å²) in [5.41, 5.74) is 5.68. The van der Waals surface area contributed by atoms with E-state index in [1.807, 2.05) is 72.8 Å². The molecule has 0 radical (unpaired) electrons. The van der Waals surface area contributed by atoms with Gasteiger partial charge in [0.15, 0.2) is 4.80 Å². The van der Waals surface area contributed by atoms with Crippen LogP contribution in [-0.2, 0) is 16.1 Å². The van der Waals surface area contributed by atoms with Crippen LogP contribution in [0.15, 0.2) is 112 Å². The van der Waals surface area contributed by atoms with Gasteiger partial charge in [-0.05, 0) is 55.3 Å². The van der Waals surface area contributed by atoms with Gasteiger partial charge in [-0.2, -0.15) is 0 Å². The molecule has 0 aliphatic carbocycles. The van der Waals surface area contributed by atoms with Gasteiger partial charge in [-0.1, -0.05) is 90.2 Å². The van der Waals surface area contributed by atoms with Crippen molar-refractivity contribution in [1.82, 2.24) is 9.13 Å². The van der Waals surface area contributed by atoms with Crippen molar-refractivity contribution in [2.45, 2.75) is 33.4 Å². The molecule has 0 saturated heterocycles. The van der Waals surface area contributed by atoms with E-state index in [2.05, 4.69) is 35.8 Å². The van der Waals surface area contributed by atoms with Crippen LogP contribution in [0, 0.1) is 6.92 Å².